The predicted molar refractivity (Wildman–Crippen MR) is 102 cm³/mol. The van der Waals surface area contributed by atoms with Gasteiger partial charge >= 0.3 is 12.1 Å². The Bertz CT molecular complexity index is 975. The van der Waals surface area contributed by atoms with Gasteiger partial charge in [-0.15, -0.1) is 0 Å². The first-order valence-corrected chi connectivity index (χ1v) is 9.04. The van der Waals surface area contributed by atoms with E-state index in [1.54, 1.807) is 29.3 Å². The number of fused-ring (bicyclic) bond motifs is 3. The number of hydrogen-bond donors (Lipinski definition) is 1. The van der Waals surface area contributed by atoms with E-state index in [2.05, 4.69) is 15.0 Å². The lowest BCUT2D eigenvalue weighted by atomic mass is 10.0. The smallest absolute Gasteiger partial charge is 0.415 e. The molecule has 29 heavy (non-hydrogen) atoms. The Hall–Kier alpha value is -3.62. The van der Waals surface area contributed by atoms with Crippen LogP contribution in [-0.2, 0) is 14.3 Å². The number of esters is 1. The van der Waals surface area contributed by atoms with E-state index in [0.717, 1.165) is 11.1 Å². The van der Waals surface area contributed by atoms with Crippen LogP contribution >= 0.6 is 0 Å². The lowest BCUT2D eigenvalue weighted by Gasteiger charge is -2.31. The van der Waals surface area contributed by atoms with E-state index < -0.39 is 18.2 Å². The second-order valence-corrected chi connectivity index (χ2v) is 6.71. The number of carbonyl (C=O) groups excluding carboxylic acids is 3. The van der Waals surface area contributed by atoms with Gasteiger partial charge < -0.3 is 19.5 Å². The predicted octanol–water partition coefficient (Wildman–Crippen LogP) is 1.76. The summed E-state index contributed by atoms with van der Waals surface area (Å²) in [5.41, 5.74) is 2.45. The van der Waals surface area contributed by atoms with Crippen LogP contribution in [0.4, 0.5) is 10.5 Å². The van der Waals surface area contributed by atoms with Crippen molar-refractivity contribution >= 4 is 23.7 Å². The third-order valence-corrected chi connectivity index (χ3v) is 4.88. The molecule has 1 aromatic heterocycles. The van der Waals surface area contributed by atoms with E-state index in [-0.39, 0.29) is 30.8 Å². The number of pyridine rings is 1. The number of methoxy groups -OCH3 is 1. The zero-order valence-corrected chi connectivity index (χ0v) is 15.9. The third-order valence-electron chi connectivity index (χ3n) is 4.88. The summed E-state index contributed by atoms with van der Waals surface area (Å²) in [6, 6.07) is 8.48. The fourth-order valence-corrected chi connectivity index (χ4v) is 3.42. The Kier molecular flexibility index (Phi) is 4.79. The van der Waals surface area contributed by atoms with Crippen molar-refractivity contribution in [2.24, 2.45) is 0 Å². The maximum absolute atomic E-state index is 12.4. The maximum Gasteiger partial charge on any atom is 0.415 e. The first kappa shape index (κ1) is 18.7. The van der Waals surface area contributed by atoms with Crippen LogP contribution in [0.25, 0.3) is 11.1 Å². The summed E-state index contributed by atoms with van der Waals surface area (Å²) >= 11 is 0. The van der Waals surface area contributed by atoms with E-state index in [0.29, 0.717) is 11.4 Å². The fourth-order valence-electron chi connectivity index (χ4n) is 3.42. The van der Waals surface area contributed by atoms with Crippen molar-refractivity contribution in [2.75, 3.05) is 25.2 Å². The number of aromatic nitrogens is 1. The molecular formula is C20H19N3O6. The summed E-state index contributed by atoms with van der Waals surface area (Å²) in [6.45, 7) is 1.90. The number of amides is 2. The average Bonchev–Trinajstić information content (AvgIpc) is 3.07. The molecule has 0 radical (unpaired) electrons. The van der Waals surface area contributed by atoms with E-state index in [1.165, 1.54) is 14.0 Å². The van der Waals surface area contributed by atoms with E-state index in [4.69, 9.17) is 9.47 Å². The minimum Gasteiger partial charge on any atom is -0.489 e. The van der Waals surface area contributed by atoms with Crippen molar-refractivity contribution in [1.82, 2.24) is 10.3 Å². The Balaban J connectivity index is 1.57. The number of ether oxygens (including phenoxy) is 3. The third kappa shape index (κ3) is 3.46. The lowest BCUT2D eigenvalue weighted by molar-refractivity contribution is -0.119. The number of benzene rings is 1. The molecule has 3 heterocycles. The molecule has 1 saturated heterocycles. The summed E-state index contributed by atoms with van der Waals surface area (Å²) in [4.78, 5) is 40.8. The molecule has 4 rings (SSSR count). The summed E-state index contributed by atoms with van der Waals surface area (Å²) < 4.78 is 15.9. The number of carbonyl (C=O) groups is 3. The standard InChI is InChI=1S/C20H19N3O6/c1-11(24)21-9-18-16-10-28-17-7-12(4-6-15(17)23(16)20(26)29-18)13-3-5-14(22-8-13)19(25)27-2/h3-8,16,18H,9-10H2,1-2H3,(H,21,24)/t16-,18-/m0/s1. The van der Waals surface area contributed by atoms with Crippen LogP contribution in [0.5, 0.6) is 5.75 Å². The highest BCUT2D eigenvalue weighted by molar-refractivity contribution is 5.94. The summed E-state index contributed by atoms with van der Waals surface area (Å²) in [7, 11) is 1.30. The maximum atomic E-state index is 12.4. The number of cyclic esters (lactones) is 1. The van der Waals surface area contributed by atoms with Gasteiger partial charge in [0.2, 0.25) is 5.91 Å². The van der Waals surface area contributed by atoms with Gasteiger partial charge in [0.1, 0.15) is 30.2 Å². The quantitative estimate of drug-likeness (QED) is 0.784. The first-order chi connectivity index (χ1) is 14.0. The molecular weight excluding hydrogens is 378 g/mol. The molecule has 1 N–H and O–H groups in total. The van der Waals surface area contributed by atoms with Crippen LogP contribution in [-0.4, -0.2) is 55.4 Å². The number of rotatable bonds is 4. The largest absolute Gasteiger partial charge is 0.489 e. The molecule has 0 unspecified atom stereocenters. The van der Waals surface area contributed by atoms with Gasteiger partial charge in [0.25, 0.3) is 0 Å². The fraction of sp³-hybridized carbons (Fsp3) is 0.300. The lowest BCUT2D eigenvalue weighted by Crippen LogP contribution is -2.47. The minimum atomic E-state index is -0.502. The van der Waals surface area contributed by atoms with Crippen molar-refractivity contribution in [3.8, 4) is 16.9 Å². The van der Waals surface area contributed by atoms with Crippen LogP contribution in [0, 0.1) is 0 Å². The van der Waals surface area contributed by atoms with Crippen LogP contribution in [0.1, 0.15) is 17.4 Å². The zero-order valence-electron chi connectivity index (χ0n) is 15.9. The molecule has 9 nitrogen and oxygen atoms in total. The molecule has 150 valence electrons. The number of hydrogen-bond acceptors (Lipinski definition) is 7. The number of nitrogens with zero attached hydrogens (tertiary/aromatic N) is 2. The topological polar surface area (TPSA) is 107 Å². The van der Waals surface area contributed by atoms with Crippen molar-refractivity contribution in [3.05, 3.63) is 42.2 Å². The second-order valence-electron chi connectivity index (χ2n) is 6.71. The van der Waals surface area contributed by atoms with Crippen LogP contribution in [0.15, 0.2) is 36.5 Å². The molecule has 9 heteroatoms. The second kappa shape index (κ2) is 7.42. The summed E-state index contributed by atoms with van der Waals surface area (Å²) in [5, 5.41) is 2.67. The SMILES string of the molecule is COC(=O)c1ccc(-c2ccc3c(c2)OC[C@H]2[C@H](CNC(C)=O)OC(=O)N32)cn1. The van der Waals surface area contributed by atoms with E-state index in [1.807, 2.05) is 12.1 Å². The monoisotopic (exact) mass is 397 g/mol. The van der Waals surface area contributed by atoms with Gasteiger partial charge in [-0.3, -0.25) is 9.69 Å². The highest BCUT2D eigenvalue weighted by Crippen LogP contribution is 2.40. The van der Waals surface area contributed by atoms with Gasteiger partial charge in [0, 0.05) is 18.7 Å². The highest BCUT2D eigenvalue weighted by Gasteiger charge is 2.46. The molecule has 0 saturated carbocycles. The first-order valence-electron chi connectivity index (χ1n) is 9.04. The van der Waals surface area contributed by atoms with E-state index in [9.17, 15) is 14.4 Å². The van der Waals surface area contributed by atoms with Crippen molar-refractivity contribution in [3.63, 3.8) is 0 Å². The van der Waals surface area contributed by atoms with Crippen LogP contribution in [0.3, 0.4) is 0 Å². The van der Waals surface area contributed by atoms with Gasteiger partial charge in [-0.1, -0.05) is 12.1 Å². The van der Waals surface area contributed by atoms with Crippen LogP contribution in [0.2, 0.25) is 0 Å². The van der Waals surface area contributed by atoms with Gasteiger partial charge in [-0.05, 0) is 23.8 Å². The molecule has 1 fully saturated rings. The number of anilines is 1. The van der Waals surface area contributed by atoms with Crippen molar-refractivity contribution < 1.29 is 28.6 Å². The molecule has 0 spiro atoms. The normalized spacial score (nSPS) is 19.5. The minimum absolute atomic E-state index is 0.187. The van der Waals surface area contributed by atoms with Gasteiger partial charge in [0.05, 0.1) is 19.3 Å². The summed E-state index contributed by atoms with van der Waals surface area (Å²) in [5.74, 6) is -0.140. The molecule has 0 bridgehead atoms. The Morgan fingerprint density at radius 3 is 2.76 bits per heavy atom. The zero-order chi connectivity index (χ0) is 20.5. The molecule has 1 aromatic carbocycles. The Morgan fingerprint density at radius 1 is 1.28 bits per heavy atom. The molecule has 0 aliphatic carbocycles. The van der Waals surface area contributed by atoms with Gasteiger partial charge in [-0.25, -0.2) is 14.6 Å². The molecule has 2 aliphatic rings. The molecule has 2 atom stereocenters. The Morgan fingerprint density at radius 2 is 2.07 bits per heavy atom. The van der Waals surface area contributed by atoms with Crippen molar-refractivity contribution in [1.29, 1.82) is 0 Å². The summed E-state index contributed by atoms with van der Waals surface area (Å²) in [6.07, 6.45) is 0.633. The van der Waals surface area contributed by atoms with Gasteiger partial charge in [-0.2, -0.15) is 0 Å². The molecule has 2 aliphatic heterocycles. The van der Waals surface area contributed by atoms with E-state index >= 15 is 0 Å². The van der Waals surface area contributed by atoms with Crippen LogP contribution < -0.4 is 15.0 Å². The average molecular weight is 397 g/mol. The highest BCUT2D eigenvalue weighted by atomic mass is 16.6. The molecule has 2 amide bonds. The van der Waals surface area contributed by atoms with Gasteiger partial charge in [0.15, 0.2) is 0 Å². The molecule has 2 aromatic rings. The Labute approximate surface area is 166 Å². The van der Waals surface area contributed by atoms with Crippen molar-refractivity contribution in [2.45, 2.75) is 19.1 Å². The number of nitrogens with one attached hydrogen (secondary N) is 1.